The molecule has 3 amide bonds. The molecule has 1 spiro atoms. The molecule has 0 aromatic carbocycles. The number of fused-ring (bicyclic) bond motifs is 1. The van der Waals surface area contributed by atoms with Gasteiger partial charge >= 0.3 is 5.97 Å². The van der Waals surface area contributed by atoms with Crippen LogP contribution in [0.3, 0.4) is 0 Å². The van der Waals surface area contributed by atoms with Crippen molar-refractivity contribution in [2.45, 2.75) is 89.1 Å². The molecular weight excluding hydrogens is 502 g/mol. The molecule has 3 fully saturated rings. The fourth-order valence-electron chi connectivity index (χ4n) is 6.20. The largest absolute Gasteiger partial charge is 0.460 e. The molecule has 0 aliphatic carbocycles. The maximum absolute atomic E-state index is 14.0. The molecule has 10 nitrogen and oxygen atoms in total. The van der Waals surface area contributed by atoms with Gasteiger partial charge in [0, 0.05) is 32.7 Å². The SMILES string of the molecule is C=CCCC(=O)NC[C@@H](C)OC(=O)[C@@H]1[C@@H]2CC[C@]3(O2)[C@H](C(=O)N(CC=C)CCCC)N(CCCCO)C(=O)[C@@H]13. The quantitative estimate of drug-likeness (QED) is 0.162. The van der Waals surface area contributed by atoms with E-state index in [2.05, 4.69) is 25.4 Å². The zero-order valence-electron chi connectivity index (χ0n) is 23.4. The van der Waals surface area contributed by atoms with Crippen molar-refractivity contribution in [3.63, 3.8) is 0 Å². The average Bonchev–Trinajstić information content (AvgIpc) is 3.56. The average molecular weight is 548 g/mol. The van der Waals surface area contributed by atoms with Crippen LogP contribution < -0.4 is 5.32 Å². The van der Waals surface area contributed by atoms with Gasteiger partial charge in [0.1, 0.15) is 17.7 Å². The maximum atomic E-state index is 14.0. The van der Waals surface area contributed by atoms with E-state index >= 15 is 0 Å². The standard InChI is InChI=1S/C29H45N3O7/c1-5-8-12-22(34)30-19-20(4)38-28(37)23-21-13-14-29(39-21)24(23)26(35)32(17-10-11-18-33)25(29)27(36)31(15-7-3)16-9-6-2/h5,7,20-21,23-25,33H,1,3,6,8-19H2,2,4H3,(H,30,34)/t20-,21+,23-,24-,25+,29-/m1/s1. The van der Waals surface area contributed by atoms with E-state index in [-0.39, 0.29) is 30.9 Å². The van der Waals surface area contributed by atoms with E-state index in [4.69, 9.17) is 9.47 Å². The van der Waals surface area contributed by atoms with E-state index in [1.807, 2.05) is 0 Å². The van der Waals surface area contributed by atoms with Gasteiger partial charge in [0.25, 0.3) is 0 Å². The minimum absolute atomic E-state index is 0.0101. The molecule has 2 N–H and O–H groups in total. The number of unbranched alkanes of at least 4 members (excludes halogenated alkanes) is 2. The minimum atomic E-state index is -1.09. The van der Waals surface area contributed by atoms with Crippen LogP contribution in [0.2, 0.25) is 0 Å². The molecule has 2 bridgehead atoms. The monoisotopic (exact) mass is 547 g/mol. The summed E-state index contributed by atoms with van der Waals surface area (Å²) in [5.74, 6) is -2.77. The maximum Gasteiger partial charge on any atom is 0.312 e. The summed E-state index contributed by atoms with van der Waals surface area (Å²) in [5.41, 5.74) is -1.09. The number of aliphatic hydroxyl groups is 1. The van der Waals surface area contributed by atoms with Crippen LogP contribution >= 0.6 is 0 Å². The van der Waals surface area contributed by atoms with Gasteiger partial charge in [0.15, 0.2) is 0 Å². The zero-order chi connectivity index (χ0) is 28.6. The summed E-state index contributed by atoms with van der Waals surface area (Å²) in [4.78, 5) is 56.6. The van der Waals surface area contributed by atoms with Crippen molar-refractivity contribution in [3.8, 4) is 0 Å². The number of ether oxygens (including phenoxy) is 2. The summed E-state index contributed by atoms with van der Waals surface area (Å²) in [5, 5.41) is 12.1. The first kappa shape index (κ1) is 30.8. The van der Waals surface area contributed by atoms with Gasteiger partial charge in [0.2, 0.25) is 17.7 Å². The first-order valence-corrected chi connectivity index (χ1v) is 14.3. The highest BCUT2D eigenvalue weighted by Gasteiger charge is 2.75. The fourth-order valence-corrected chi connectivity index (χ4v) is 6.20. The number of aliphatic hydroxyl groups excluding tert-OH is 1. The van der Waals surface area contributed by atoms with Crippen LogP contribution in [0.1, 0.15) is 65.2 Å². The fraction of sp³-hybridized carbons (Fsp3) is 0.724. The smallest absolute Gasteiger partial charge is 0.312 e. The number of hydrogen-bond donors (Lipinski definition) is 2. The van der Waals surface area contributed by atoms with Crippen molar-refractivity contribution >= 4 is 23.7 Å². The molecule has 3 aliphatic rings. The Morgan fingerprint density at radius 1 is 1.28 bits per heavy atom. The number of likely N-dealkylation sites (tertiary alicyclic amines) is 1. The van der Waals surface area contributed by atoms with Gasteiger partial charge in [-0.15, -0.1) is 13.2 Å². The van der Waals surface area contributed by atoms with Gasteiger partial charge < -0.3 is 29.7 Å². The minimum Gasteiger partial charge on any atom is -0.460 e. The summed E-state index contributed by atoms with van der Waals surface area (Å²) < 4.78 is 12.1. The highest BCUT2D eigenvalue weighted by molar-refractivity contribution is 5.98. The number of allylic oxidation sites excluding steroid dienone is 1. The molecule has 39 heavy (non-hydrogen) atoms. The second-order valence-electron chi connectivity index (χ2n) is 10.8. The highest BCUT2D eigenvalue weighted by Crippen LogP contribution is 2.58. The Kier molecular flexibility index (Phi) is 11.1. The van der Waals surface area contributed by atoms with E-state index in [1.165, 1.54) is 0 Å². The summed E-state index contributed by atoms with van der Waals surface area (Å²) in [6, 6.07) is -0.838. The number of nitrogens with zero attached hydrogens (tertiary/aromatic N) is 2. The van der Waals surface area contributed by atoms with Crippen LogP contribution in [0.4, 0.5) is 0 Å². The lowest BCUT2D eigenvalue weighted by atomic mass is 9.70. The molecule has 0 aromatic rings. The summed E-state index contributed by atoms with van der Waals surface area (Å²) >= 11 is 0. The molecule has 0 radical (unpaired) electrons. The molecule has 3 rings (SSSR count). The van der Waals surface area contributed by atoms with Crippen LogP contribution in [-0.2, 0) is 28.7 Å². The third-order valence-corrected chi connectivity index (χ3v) is 8.04. The second-order valence-corrected chi connectivity index (χ2v) is 10.8. The molecule has 0 aromatic heterocycles. The molecule has 3 heterocycles. The second kappa shape index (κ2) is 14.1. The Balaban J connectivity index is 1.81. The van der Waals surface area contributed by atoms with Gasteiger partial charge in [-0.25, -0.2) is 0 Å². The third-order valence-electron chi connectivity index (χ3n) is 8.04. The molecule has 0 unspecified atom stereocenters. The molecule has 218 valence electrons. The predicted molar refractivity (Wildman–Crippen MR) is 145 cm³/mol. The van der Waals surface area contributed by atoms with E-state index in [1.54, 1.807) is 28.9 Å². The molecule has 3 aliphatic heterocycles. The lowest BCUT2D eigenvalue weighted by Crippen LogP contribution is -2.56. The first-order valence-electron chi connectivity index (χ1n) is 14.3. The highest BCUT2D eigenvalue weighted by atomic mass is 16.6. The number of esters is 1. The van der Waals surface area contributed by atoms with Gasteiger partial charge in [-0.05, 0) is 45.4 Å². The first-order chi connectivity index (χ1) is 18.7. The summed E-state index contributed by atoms with van der Waals surface area (Å²) in [6.45, 7) is 12.5. The molecule has 3 saturated heterocycles. The molecule has 10 heteroatoms. The van der Waals surface area contributed by atoms with Gasteiger partial charge in [-0.3, -0.25) is 19.2 Å². The number of amides is 3. The zero-order valence-corrected chi connectivity index (χ0v) is 23.4. The van der Waals surface area contributed by atoms with Crippen LogP contribution in [0, 0.1) is 11.8 Å². The van der Waals surface area contributed by atoms with Gasteiger partial charge in [-0.2, -0.15) is 0 Å². The van der Waals surface area contributed by atoms with Crippen molar-refractivity contribution in [1.82, 2.24) is 15.1 Å². The van der Waals surface area contributed by atoms with Crippen molar-refractivity contribution in [3.05, 3.63) is 25.3 Å². The van der Waals surface area contributed by atoms with Crippen LogP contribution in [0.5, 0.6) is 0 Å². The molecule has 0 saturated carbocycles. The van der Waals surface area contributed by atoms with Crippen molar-refractivity contribution < 1.29 is 33.8 Å². The van der Waals surface area contributed by atoms with Crippen LogP contribution in [-0.4, -0.2) is 95.2 Å². The summed E-state index contributed by atoms with van der Waals surface area (Å²) in [7, 11) is 0. The summed E-state index contributed by atoms with van der Waals surface area (Å²) in [6.07, 6.45) is 6.96. The Labute approximate surface area is 231 Å². The number of nitrogens with one attached hydrogen (secondary N) is 1. The van der Waals surface area contributed by atoms with Crippen molar-refractivity contribution in [1.29, 1.82) is 0 Å². The van der Waals surface area contributed by atoms with E-state index < -0.39 is 41.7 Å². The van der Waals surface area contributed by atoms with Crippen LogP contribution in [0.25, 0.3) is 0 Å². The lowest BCUT2D eigenvalue weighted by Gasteiger charge is -2.36. The number of carbonyl (C=O) groups is 4. The Morgan fingerprint density at radius 3 is 2.72 bits per heavy atom. The lowest BCUT2D eigenvalue weighted by molar-refractivity contribution is -0.159. The number of hydrogen-bond acceptors (Lipinski definition) is 7. The van der Waals surface area contributed by atoms with Gasteiger partial charge in [-0.1, -0.05) is 25.5 Å². The van der Waals surface area contributed by atoms with E-state index in [0.29, 0.717) is 58.2 Å². The van der Waals surface area contributed by atoms with Gasteiger partial charge in [0.05, 0.1) is 24.5 Å². The van der Waals surface area contributed by atoms with Crippen molar-refractivity contribution in [2.75, 3.05) is 32.8 Å². The van der Waals surface area contributed by atoms with E-state index in [0.717, 1.165) is 12.8 Å². The Morgan fingerprint density at radius 2 is 2.05 bits per heavy atom. The van der Waals surface area contributed by atoms with Crippen LogP contribution in [0.15, 0.2) is 25.3 Å². The number of rotatable bonds is 17. The molecular formula is C29H45N3O7. The van der Waals surface area contributed by atoms with Crippen molar-refractivity contribution in [2.24, 2.45) is 11.8 Å². The Hall–Kier alpha value is -2.72. The normalized spacial score (nSPS) is 27.7. The number of carbonyl (C=O) groups excluding carboxylic acids is 4. The predicted octanol–water partition coefficient (Wildman–Crippen LogP) is 1.96. The molecule has 6 atom stereocenters. The topological polar surface area (TPSA) is 125 Å². The van der Waals surface area contributed by atoms with E-state index in [9.17, 15) is 24.3 Å². The third kappa shape index (κ3) is 6.54. The Bertz CT molecular complexity index is 925.